The maximum Gasteiger partial charge on any atom is 0.0474 e. The molecular formula is C12H25Cl. The van der Waals surface area contributed by atoms with Gasteiger partial charge in [-0.15, -0.1) is 11.6 Å². The average Bonchev–Trinajstić information content (AvgIpc) is 1.84. The molecule has 0 amide bonds. The molecule has 0 nitrogen and oxygen atoms in total. The quantitative estimate of drug-likeness (QED) is 0.577. The maximum atomic E-state index is 6.61. The van der Waals surface area contributed by atoms with Crippen molar-refractivity contribution in [3.8, 4) is 0 Å². The molecule has 0 aromatic rings. The van der Waals surface area contributed by atoms with Crippen LogP contribution in [-0.4, -0.2) is 4.87 Å². The largest absolute Gasteiger partial charge is 0.119 e. The van der Waals surface area contributed by atoms with Crippen molar-refractivity contribution in [2.45, 2.75) is 66.2 Å². The zero-order valence-electron chi connectivity index (χ0n) is 10.3. The van der Waals surface area contributed by atoms with Gasteiger partial charge in [0.1, 0.15) is 0 Å². The van der Waals surface area contributed by atoms with Crippen LogP contribution in [0.4, 0.5) is 0 Å². The van der Waals surface area contributed by atoms with Gasteiger partial charge < -0.3 is 0 Å². The highest BCUT2D eigenvalue weighted by Crippen LogP contribution is 2.51. The first kappa shape index (κ1) is 13.3. The van der Waals surface area contributed by atoms with Crippen LogP contribution < -0.4 is 0 Å². The molecule has 0 N–H and O–H groups in total. The fraction of sp³-hybridized carbons (Fsp3) is 1.00. The van der Waals surface area contributed by atoms with Gasteiger partial charge in [0.25, 0.3) is 0 Å². The van der Waals surface area contributed by atoms with Crippen LogP contribution in [-0.2, 0) is 0 Å². The molecule has 0 saturated carbocycles. The van der Waals surface area contributed by atoms with Crippen LogP contribution in [0.3, 0.4) is 0 Å². The summed E-state index contributed by atoms with van der Waals surface area (Å²) >= 11 is 6.61. The molecule has 0 aromatic heterocycles. The summed E-state index contributed by atoms with van der Waals surface area (Å²) in [6.45, 7) is 15.7. The minimum atomic E-state index is -0.0972. The Labute approximate surface area is 89.1 Å². The molecule has 1 heteroatoms. The molecule has 1 unspecified atom stereocenters. The standard InChI is InChI=1S/C12H25Cl/c1-8-9-12(7,13)11(5,6)10(2,3)4/h8-9H2,1-7H3. The van der Waals surface area contributed by atoms with Gasteiger partial charge in [0.15, 0.2) is 0 Å². The van der Waals surface area contributed by atoms with Crippen LogP contribution in [0.1, 0.15) is 61.3 Å². The highest BCUT2D eigenvalue weighted by molar-refractivity contribution is 6.24. The average molecular weight is 205 g/mol. The monoisotopic (exact) mass is 204 g/mol. The molecule has 0 radical (unpaired) electrons. The smallest absolute Gasteiger partial charge is 0.0474 e. The molecule has 0 heterocycles. The van der Waals surface area contributed by atoms with E-state index in [1.165, 1.54) is 0 Å². The summed E-state index contributed by atoms with van der Waals surface area (Å²) < 4.78 is 0. The number of alkyl halides is 1. The molecule has 0 saturated heterocycles. The zero-order chi connectivity index (χ0) is 10.9. The molecule has 1 atom stereocenters. The van der Waals surface area contributed by atoms with Gasteiger partial charge in [-0.3, -0.25) is 0 Å². The molecule has 80 valence electrons. The Morgan fingerprint density at radius 3 is 1.54 bits per heavy atom. The molecule has 0 aliphatic carbocycles. The van der Waals surface area contributed by atoms with Gasteiger partial charge in [-0.2, -0.15) is 0 Å². The second-order valence-electron chi connectivity index (χ2n) is 5.82. The van der Waals surface area contributed by atoms with Gasteiger partial charge in [-0.1, -0.05) is 48.0 Å². The van der Waals surface area contributed by atoms with Crippen LogP contribution >= 0.6 is 11.6 Å². The maximum absolute atomic E-state index is 6.61. The van der Waals surface area contributed by atoms with E-state index in [1.807, 2.05) is 0 Å². The molecule has 0 rings (SSSR count). The van der Waals surface area contributed by atoms with Crippen LogP contribution in [0, 0.1) is 10.8 Å². The first-order valence-electron chi connectivity index (χ1n) is 5.25. The van der Waals surface area contributed by atoms with Crippen LogP contribution in [0.25, 0.3) is 0 Å². The second-order valence-corrected chi connectivity index (χ2v) is 6.66. The van der Waals surface area contributed by atoms with Crippen LogP contribution in [0.2, 0.25) is 0 Å². The van der Waals surface area contributed by atoms with Gasteiger partial charge in [0, 0.05) is 4.87 Å². The van der Waals surface area contributed by atoms with Crippen molar-refractivity contribution >= 4 is 11.6 Å². The molecule has 0 bridgehead atoms. The molecular weight excluding hydrogens is 180 g/mol. The Morgan fingerprint density at radius 1 is 0.923 bits per heavy atom. The SMILES string of the molecule is CCCC(C)(Cl)C(C)(C)C(C)(C)C. The van der Waals surface area contributed by atoms with Crippen molar-refractivity contribution in [2.24, 2.45) is 10.8 Å². The molecule has 13 heavy (non-hydrogen) atoms. The van der Waals surface area contributed by atoms with Crippen LogP contribution in [0.5, 0.6) is 0 Å². The van der Waals surface area contributed by atoms with Gasteiger partial charge in [0.05, 0.1) is 0 Å². The Balaban J connectivity index is 4.81. The fourth-order valence-corrected chi connectivity index (χ4v) is 2.04. The number of rotatable bonds is 3. The Morgan fingerprint density at radius 2 is 1.31 bits per heavy atom. The molecule has 0 spiro atoms. The van der Waals surface area contributed by atoms with E-state index >= 15 is 0 Å². The Hall–Kier alpha value is 0.290. The summed E-state index contributed by atoms with van der Waals surface area (Å²) in [4.78, 5) is -0.0972. The van der Waals surface area contributed by atoms with Crippen molar-refractivity contribution in [1.82, 2.24) is 0 Å². The lowest BCUT2D eigenvalue weighted by atomic mass is 9.61. The minimum Gasteiger partial charge on any atom is -0.119 e. The Kier molecular flexibility index (Phi) is 3.89. The minimum absolute atomic E-state index is 0.0972. The number of hydrogen-bond donors (Lipinski definition) is 0. The zero-order valence-corrected chi connectivity index (χ0v) is 11.0. The van der Waals surface area contributed by atoms with Crippen LogP contribution in [0.15, 0.2) is 0 Å². The summed E-state index contributed by atoms with van der Waals surface area (Å²) in [5.74, 6) is 0. The van der Waals surface area contributed by atoms with E-state index in [1.54, 1.807) is 0 Å². The van der Waals surface area contributed by atoms with Crippen molar-refractivity contribution in [3.05, 3.63) is 0 Å². The number of hydrogen-bond acceptors (Lipinski definition) is 0. The molecule has 0 aliphatic heterocycles. The second kappa shape index (κ2) is 3.81. The van der Waals surface area contributed by atoms with E-state index in [4.69, 9.17) is 11.6 Å². The van der Waals surface area contributed by atoms with Gasteiger partial charge in [-0.25, -0.2) is 0 Å². The van der Waals surface area contributed by atoms with Crippen molar-refractivity contribution < 1.29 is 0 Å². The Bertz CT molecular complexity index is 160. The summed E-state index contributed by atoms with van der Waals surface area (Å²) in [6.07, 6.45) is 2.23. The highest BCUT2D eigenvalue weighted by Gasteiger charge is 2.46. The van der Waals surface area contributed by atoms with E-state index in [0.717, 1.165) is 12.8 Å². The third kappa shape index (κ3) is 2.62. The predicted octanol–water partition coefficient (Wildman–Crippen LogP) is 4.86. The van der Waals surface area contributed by atoms with E-state index in [-0.39, 0.29) is 15.7 Å². The fourth-order valence-electron chi connectivity index (χ4n) is 1.56. The van der Waals surface area contributed by atoms with E-state index in [2.05, 4.69) is 48.5 Å². The first-order chi connectivity index (χ1) is 5.56. The van der Waals surface area contributed by atoms with Gasteiger partial charge >= 0.3 is 0 Å². The summed E-state index contributed by atoms with van der Waals surface area (Å²) in [7, 11) is 0. The number of halogens is 1. The van der Waals surface area contributed by atoms with Crippen molar-refractivity contribution in [2.75, 3.05) is 0 Å². The van der Waals surface area contributed by atoms with Gasteiger partial charge in [-0.05, 0) is 24.2 Å². The summed E-state index contributed by atoms with van der Waals surface area (Å²) in [5, 5.41) is 0. The summed E-state index contributed by atoms with van der Waals surface area (Å²) in [6, 6.07) is 0. The normalized spacial score (nSPS) is 18.5. The molecule has 0 aromatic carbocycles. The molecule has 0 fully saturated rings. The van der Waals surface area contributed by atoms with Crippen molar-refractivity contribution in [1.29, 1.82) is 0 Å². The predicted molar refractivity (Wildman–Crippen MR) is 62.4 cm³/mol. The van der Waals surface area contributed by atoms with E-state index < -0.39 is 0 Å². The lowest BCUT2D eigenvalue weighted by molar-refractivity contribution is 0.0764. The first-order valence-corrected chi connectivity index (χ1v) is 5.63. The third-order valence-electron chi connectivity index (χ3n) is 3.90. The van der Waals surface area contributed by atoms with E-state index in [0.29, 0.717) is 0 Å². The summed E-state index contributed by atoms with van der Waals surface area (Å²) in [5.41, 5.74) is 0.399. The lowest BCUT2D eigenvalue weighted by Crippen LogP contribution is -2.46. The lowest BCUT2D eigenvalue weighted by Gasteiger charge is -2.49. The highest BCUT2D eigenvalue weighted by atomic mass is 35.5. The third-order valence-corrected chi connectivity index (χ3v) is 4.56. The molecule has 0 aliphatic rings. The van der Waals surface area contributed by atoms with E-state index in [9.17, 15) is 0 Å². The van der Waals surface area contributed by atoms with Crippen molar-refractivity contribution in [3.63, 3.8) is 0 Å². The topological polar surface area (TPSA) is 0 Å². The van der Waals surface area contributed by atoms with Gasteiger partial charge in [0.2, 0.25) is 0 Å².